The number of thioether (sulfide) groups is 1. The SMILES string of the molecule is CN1C(=CC(=O)C(Cl)(Cl)Cl)Sc2ccccc21. The summed E-state index contributed by atoms with van der Waals surface area (Å²) in [5.74, 6) is -0.537. The Morgan fingerprint density at radius 3 is 2.59 bits per heavy atom. The second kappa shape index (κ2) is 4.73. The number of ketones is 1. The maximum atomic E-state index is 11.6. The molecule has 2 rings (SSSR count). The number of carbonyl (C=O) groups excluding carboxylic acids is 1. The van der Waals surface area contributed by atoms with Crippen LogP contribution in [0, 0.1) is 0 Å². The minimum absolute atomic E-state index is 0.537. The first-order valence-electron chi connectivity index (χ1n) is 4.73. The number of carbonyl (C=O) groups is 1. The molecule has 1 heterocycles. The van der Waals surface area contributed by atoms with Crippen LogP contribution in [0.3, 0.4) is 0 Å². The molecular formula is C11H8Cl3NOS. The molecule has 1 aliphatic heterocycles. The zero-order valence-electron chi connectivity index (χ0n) is 8.78. The lowest BCUT2D eigenvalue weighted by Gasteiger charge is -2.14. The first-order chi connectivity index (χ1) is 7.89. The molecule has 0 unspecified atom stereocenters. The molecule has 1 aliphatic rings. The van der Waals surface area contributed by atoms with Gasteiger partial charge < -0.3 is 4.90 Å². The van der Waals surface area contributed by atoms with Crippen LogP contribution in [0.1, 0.15) is 0 Å². The van der Waals surface area contributed by atoms with Crippen LogP contribution in [0.4, 0.5) is 5.69 Å². The van der Waals surface area contributed by atoms with Crippen molar-refractivity contribution in [3.05, 3.63) is 35.4 Å². The van der Waals surface area contributed by atoms with Crippen LogP contribution in [0.25, 0.3) is 0 Å². The first kappa shape index (κ1) is 13.1. The average molecular weight is 309 g/mol. The van der Waals surface area contributed by atoms with Crippen molar-refractivity contribution in [2.75, 3.05) is 11.9 Å². The van der Waals surface area contributed by atoms with Gasteiger partial charge in [0.15, 0.2) is 0 Å². The molecule has 0 bridgehead atoms. The van der Waals surface area contributed by atoms with Crippen LogP contribution in [-0.2, 0) is 4.79 Å². The van der Waals surface area contributed by atoms with Gasteiger partial charge in [0.2, 0.25) is 5.78 Å². The van der Waals surface area contributed by atoms with Crippen molar-refractivity contribution < 1.29 is 4.79 Å². The molecule has 0 radical (unpaired) electrons. The first-order valence-corrected chi connectivity index (χ1v) is 6.68. The van der Waals surface area contributed by atoms with E-state index in [-0.39, 0.29) is 0 Å². The van der Waals surface area contributed by atoms with Crippen LogP contribution >= 0.6 is 46.6 Å². The fourth-order valence-corrected chi connectivity index (χ4v) is 2.69. The van der Waals surface area contributed by atoms with Gasteiger partial charge in [-0.25, -0.2) is 0 Å². The summed E-state index contributed by atoms with van der Waals surface area (Å²) in [7, 11) is 1.87. The van der Waals surface area contributed by atoms with Gasteiger partial charge in [0.05, 0.1) is 10.7 Å². The minimum Gasteiger partial charge on any atom is -0.338 e. The molecular weight excluding hydrogens is 301 g/mol. The van der Waals surface area contributed by atoms with Gasteiger partial charge in [-0.3, -0.25) is 4.79 Å². The van der Waals surface area contributed by atoms with E-state index < -0.39 is 9.58 Å². The Balaban J connectivity index is 2.29. The zero-order valence-corrected chi connectivity index (χ0v) is 11.9. The number of anilines is 1. The smallest absolute Gasteiger partial charge is 0.252 e. The summed E-state index contributed by atoms with van der Waals surface area (Å²) >= 11 is 18.1. The third-order valence-electron chi connectivity index (χ3n) is 2.31. The van der Waals surface area contributed by atoms with Crippen molar-refractivity contribution in [3.8, 4) is 0 Å². The van der Waals surface area contributed by atoms with Crippen LogP contribution < -0.4 is 4.90 Å². The highest BCUT2D eigenvalue weighted by Gasteiger charge is 2.31. The molecule has 0 aromatic heterocycles. The highest BCUT2D eigenvalue weighted by Crippen LogP contribution is 2.45. The number of nitrogens with zero attached hydrogens (tertiary/aromatic N) is 1. The van der Waals surface area contributed by atoms with E-state index in [2.05, 4.69) is 0 Å². The van der Waals surface area contributed by atoms with E-state index in [1.807, 2.05) is 36.2 Å². The average Bonchev–Trinajstić information content (AvgIpc) is 2.55. The van der Waals surface area contributed by atoms with E-state index in [9.17, 15) is 4.79 Å². The number of halogens is 3. The number of fused-ring (bicyclic) bond motifs is 1. The highest BCUT2D eigenvalue weighted by atomic mass is 35.6. The van der Waals surface area contributed by atoms with E-state index in [1.54, 1.807) is 0 Å². The van der Waals surface area contributed by atoms with Crippen molar-refractivity contribution in [3.63, 3.8) is 0 Å². The number of allylic oxidation sites excluding steroid dienone is 1. The molecule has 0 N–H and O–H groups in total. The predicted molar refractivity (Wildman–Crippen MR) is 74.1 cm³/mol. The molecule has 2 nitrogen and oxygen atoms in total. The lowest BCUT2D eigenvalue weighted by molar-refractivity contribution is -0.113. The molecule has 17 heavy (non-hydrogen) atoms. The molecule has 0 amide bonds. The third kappa shape index (κ3) is 2.74. The Hall–Kier alpha value is -0.350. The Morgan fingerprint density at radius 1 is 1.35 bits per heavy atom. The number of alkyl halides is 3. The predicted octanol–water partition coefficient (Wildman–Crippen LogP) is 4.01. The van der Waals surface area contributed by atoms with Crippen molar-refractivity contribution in [2.24, 2.45) is 0 Å². The molecule has 0 fully saturated rings. The number of para-hydroxylation sites is 1. The minimum atomic E-state index is -1.90. The van der Waals surface area contributed by atoms with E-state index in [1.165, 1.54) is 17.8 Å². The summed E-state index contributed by atoms with van der Waals surface area (Å²) < 4.78 is -1.90. The van der Waals surface area contributed by atoms with Gasteiger partial charge in [-0.05, 0) is 12.1 Å². The maximum absolute atomic E-state index is 11.6. The van der Waals surface area contributed by atoms with Gasteiger partial charge >= 0.3 is 0 Å². The number of hydrogen-bond acceptors (Lipinski definition) is 3. The highest BCUT2D eigenvalue weighted by molar-refractivity contribution is 8.03. The van der Waals surface area contributed by atoms with Crippen molar-refractivity contribution in [1.82, 2.24) is 0 Å². The monoisotopic (exact) mass is 307 g/mol. The standard InChI is InChI=1S/C11H8Cl3NOS/c1-15-7-4-2-3-5-8(7)17-10(15)6-9(16)11(12,13)14/h2-6H,1H3. The van der Waals surface area contributed by atoms with E-state index in [0.29, 0.717) is 0 Å². The Morgan fingerprint density at radius 2 is 2.00 bits per heavy atom. The molecule has 0 aliphatic carbocycles. The van der Waals surface area contributed by atoms with Crippen LogP contribution in [0.2, 0.25) is 0 Å². The van der Waals surface area contributed by atoms with Gasteiger partial charge in [-0.15, -0.1) is 0 Å². The topological polar surface area (TPSA) is 20.3 Å². The normalized spacial score (nSPS) is 17.4. The largest absolute Gasteiger partial charge is 0.338 e. The molecule has 6 heteroatoms. The molecule has 0 atom stereocenters. The maximum Gasteiger partial charge on any atom is 0.252 e. The lowest BCUT2D eigenvalue weighted by atomic mass is 10.3. The summed E-state index contributed by atoms with van der Waals surface area (Å²) in [6.45, 7) is 0. The number of rotatable bonds is 1. The molecule has 1 aromatic carbocycles. The summed E-state index contributed by atoms with van der Waals surface area (Å²) in [4.78, 5) is 14.6. The van der Waals surface area contributed by atoms with Gasteiger partial charge in [-0.1, -0.05) is 58.7 Å². The van der Waals surface area contributed by atoms with E-state index >= 15 is 0 Å². The van der Waals surface area contributed by atoms with E-state index in [0.717, 1.165) is 15.6 Å². The van der Waals surface area contributed by atoms with Crippen LogP contribution in [0.15, 0.2) is 40.3 Å². The number of hydrogen-bond donors (Lipinski definition) is 0. The Labute approximate surface area is 119 Å². The van der Waals surface area contributed by atoms with Crippen molar-refractivity contribution in [1.29, 1.82) is 0 Å². The zero-order chi connectivity index (χ0) is 12.6. The molecule has 0 saturated carbocycles. The van der Waals surface area contributed by atoms with Crippen LogP contribution in [-0.4, -0.2) is 16.6 Å². The summed E-state index contributed by atoms with van der Waals surface area (Å²) in [5.41, 5.74) is 1.04. The van der Waals surface area contributed by atoms with Crippen molar-refractivity contribution in [2.45, 2.75) is 8.69 Å². The fraction of sp³-hybridized carbons (Fsp3) is 0.182. The third-order valence-corrected chi connectivity index (χ3v) is 4.03. The fourth-order valence-electron chi connectivity index (χ4n) is 1.44. The second-order valence-corrected chi connectivity index (χ2v) is 6.82. The molecule has 0 saturated heterocycles. The van der Waals surface area contributed by atoms with Crippen LogP contribution in [0.5, 0.6) is 0 Å². The summed E-state index contributed by atoms with van der Waals surface area (Å²) in [5, 5.41) is 0.752. The summed E-state index contributed by atoms with van der Waals surface area (Å²) in [6.07, 6.45) is 1.36. The molecule has 90 valence electrons. The van der Waals surface area contributed by atoms with Gasteiger partial charge in [0.1, 0.15) is 0 Å². The lowest BCUT2D eigenvalue weighted by Crippen LogP contribution is -2.19. The summed E-state index contributed by atoms with van der Waals surface area (Å²) in [6, 6.07) is 7.84. The Kier molecular flexibility index (Phi) is 3.64. The Bertz CT molecular complexity index is 496. The number of benzene rings is 1. The van der Waals surface area contributed by atoms with Crippen molar-refractivity contribution >= 4 is 58.0 Å². The molecule has 0 spiro atoms. The second-order valence-electron chi connectivity index (χ2n) is 3.47. The molecule has 1 aromatic rings. The van der Waals surface area contributed by atoms with Gasteiger partial charge in [0.25, 0.3) is 3.79 Å². The quantitative estimate of drug-likeness (QED) is 0.577. The van der Waals surface area contributed by atoms with Gasteiger partial charge in [0, 0.05) is 18.0 Å². The van der Waals surface area contributed by atoms with Gasteiger partial charge in [-0.2, -0.15) is 0 Å². The van der Waals surface area contributed by atoms with E-state index in [4.69, 9.17) is 34.8 Å².